The van der Waals surface area contributed by atoms with Gasteiger partial charge in [-0.3, -0.25) is 9.59 Å². The van der Waals surface area contributed by atoms with Crippen LogP contribution >= 0.6 is 0 Å². The predicted octanol–water partition coefficient (Wildman–Crippen LogP) is 0.270. The van der Waals surface area contributed by atoms with Gasteiger partial charge in [-0.2, -0.15) is 0 Å². The summed E-state index contributed by atoms with van der Waals surface area (Å²) in [5, 5.41) is 5.87. The number of anilines is 1. The Kier molecular flexibility index (Phi) is 3.96. The van der Waals surface area contributed by atoms with Gasteiger partial charge in [0.15, 0.2) is 0 Å². The maximum atomic E-state index is 11.4. The Labute approximate surface area is 105 Å². The van der Waals surface area contributed by atoms with Crippen LogP contribution in [0.1, 0.15) is 25.6 Å². The van der Waals surface area contributed by atoms with Gasteiger partial charge in [-0.15, -0.1) is 0 Å². The summed E-state index contributed by atoms with van der Waals surface area (Å²) in [6, 6.07) is 1.42. The van der Waals surface area contributed by atoms with Crippen LogP contribution in [0.25, 0.3) is 0 Å². The molecule has 0 unspecified atom stereocenters. The SMILES string of the molecule is CCc1nc(NCCNC(=O)C2CC2)cc(=O)[nH]1. The number of carbonyl (C=O) groups excluding carboxylic acids is 1. The largest absolute Gasteiger partial charge is 0.368 e. The van der Waals surface area contributed by atoms with Crippen molar-refractivity contribution in [1.29, 1.82) is 0 Å². The Morgan fingerprint density at radius 2 is 2.28 bits per heavy atom. The topological polar surface area (TPSA) is 86.9 Å². The Bertz CT molecular complexity index is 479. The molecule has 2 rings (SSSR count). The normalized spacial score (nSPS) is 14.3. The van der Waals surface area contributed by atoms with E-state index in [-0.39, 0.29) is 17.4 Å². The summed E-state index contributed by atoms with van der Waals surface area (Å²) in [5.41, 5.74) is -0.161. The molecule has 1 amide bonds. The second-order valence-electron chi connectivity index (χ2n) is 4.42. The minimum absolute atomic E-state index is 0.130. The molecule has 1 heterocycles. The molecule has 6 heteroatoms. The number of hydrogen-bond acceptors (Lipinski definition) is 4. The minimum atomic E-state index is -0.161. The van der Waals surface area contributed by atoms with Crippen molar-refractivity contribution in [2.45, 2.75) is 26.2 Å². The first-order valence-electron chi connectivity index (χ1n) is 6.31. The first-order valence-corrected chi connectivity index (χ1v) is 6.31. The van der Waals surface area contributed by atoms with Crippen molar-refractivity contribution in [3.8, 4) is 0 Å². The van der Waals surface area contributed by atoms with Crippen LogP contribution in [-0.2, 0) is 11.2 Å². The van der Waals surface area contributed by atoms with Crippen molar-refractivity contribution in [3.63, 3.8) is 0 Å². The summed E-state index contributed by atoms with van der Waals surface area (Å²) in [6.45, 7) is 3.04. The molecule has 1 aromatic heterocycles. The number of carbonyl (C=O) groups is 1. The van der Waals surface area contributed by atoms with Gasteiger partial charge in [-0.05, 0) is 12.8 Å². The van der Waals surface area contributed by atoms with Crippen LogP contribution in [0.15, 0.2) is 10.9 Å². The van der Waals surface area contributed by atoms with Crippen molar-refractivity contribution >= 4 is 11.7 Å². The number of hydrogen-bond donors (Lipinski definition) is 3. The Balaban J connectivity index is 1.77. The summed E-state index contributed by atoms with van der Waals surface area (Å²) in [7, 11) is 0. The second kappa shape index (κ2) is 5.66. The van der Waals surface area contributed by atoms with Crippen LogP contribution in [0.3, 0.4) is 0 Å². The number of aromatic amines is 1. The maximum absolute atomic E-state index is 11.4. The van der Waals surface area contributed by atoms with E-state index in [1.165, 1.54) is 6.07 Å². The van der Waals surface area contributed by atoms with Gasteiger partial charge in [0.1, 0.15) is 11.6 Å². The summed E-state index contributed by atoms with van der Waals surface area (Å²) in [4.78, 5) is 29.6. The summed E-state index contributed by atoms with van der Waals surface area (Å²) in [5.74, 6) is 1.57. The lowest BCUT2D eigenvalue weighted by atomic mass is 10.4. The van der Waals surface area contributed by atoms with Gasteiger partial charge in [-0.25, -0.2) is 4.98 Å². The van der Waals surface area contributed by atoms with Gasteiger partial charge in [0, 0.05) is 31.5 Å². The van der Waals surface area contributed by atoms with Gasteiger partial charge in [0.2, 0.25) is 5.91 Å². The van der Waals surface area contributed by atoms with Crippen LogP contribution < -0.4 is 16.2 Å². The van der Waals surface area contributed by atoms with Crippen LogP contribution in [0.5, 0.6) is 0 Å². The molecule has 0 bridgehead atoms. The minimum Gasteiger partial charge on any atom is -0.368 e. The van der Waals surface area contributed by atoms with E-state index in [2.05, 4.69) is 20.6 Å². The third-order valence-electron chi connectivity index (χ3n) is 2.80. The van der Waals surface area contributed by atoms with Crippen molar-refractivity contribution in [2.75, 3.05) is 18.4 Å². The monoisotopic (exact) mass is 250 g/mol. The van der Waals surface area contributed by atoms with E-state index in [4.69, 9.17) is 0 Å². The number of aryl methyl sites for hydroxylation is 1. The highest BCUT2D eigenvalue weighted by atomic mass is 16.2. The van der Waals surface area contributed by atoms with E-state index in [0.717, 1.165) is 12.8 Å². The average molecular weight is 250 g/mol. The molecule has 98 valence electrons. The van der Waals surface area contributed by atoms with E-state index in [1.54, 1.807) is 0 Å². The first kappa shape index (κ1) is 12.6. The summed E-state index contributed by atoms with van der Waals surface area (Å²) >= 11 is 0. The van der Waals surface area contributed by atoms with Crippen molar-refractivity contribution in [3.05, 3.63) is 22.2 Å². The lowest BCUT2D eigenvalue weighted by Gasteiger charge is -2.07. The second-order valence-corrected chi connectivity index (χ2v) is 4.42. The quantitative estimate of drug-likeness (QED) is 0.632. The number of aromatic nitrogens is 2. The third-order valence-corrected chi connectivity index (χ3v) is 2.80. The zero-order chi connectivity index (χ0) is 13.0. The molecular weight excluding hydrogens is 232 g/mol. The van der Waals surface area contributed by atoms with Crippen molar-refractivity contribution < 1.29 is 4.79 Å². The fourth-order valence-corrected chi connectivity index (χ4v) is 1.63. The van der Waals surface area contributed by atoms with E-state index in [1.807, 2.05) is 6.92 Å². The fourth-order valence-electron chi connectivity index (χ4n) is 1.63. The standard InChI is InChI=1S/C12H18N4O2/c1-2-9-15-10(7-11(17)16-9)13-5-6-14-12(18)8-3-4-8/h7-8H,2-6H2,1H3,(H,14,18)(H2,13,15,16,17). The number of rotatable bonds is 6. The highest BCUT2D eigenvalue weighted by molar-refractivity contribution is 5.80. The fraction of sp³-hybridized carbons (Fsp3) is 0.583. The molecule has 1 aliphatic rings. The molecule has 1 aromatic rings. The average Bonchev–Trinajstić information content (AvgIpc) is 3.17. The van der Waals surface area contributed by atoms with Gasteiger partial charge >= 0.3 is 0 Å². The zero-order valence-electron chi connectivity index (χ0n) is 10.5. The smallest absolute Gasteiger partial charge is 0.252 e. The van der Waals surface area contributed by atoms with Gasteiger partial charge in [0.05, 0.1) is 0 Å². The highest BCUT2D eigenvalue weighted by Crippen LogP contribution is 2.28. The van der Waals surface area contributed by atoms with Crippen LogP contribution in [-0.4, -0.2) is 29.0 Å². The first-order chi connectivity index (χ1) is 8.69. The van der Waals surface area contributed by atoms with Crippen molar-refractivity contribution in [1.82, 2.24) is 15.3 Å². The lowest BCUT2D eigenvalue weighted by Crippen LogP contribution is -2.30. The number of nitrogens with one attached hydrogen (secondary N) is 3. The Hall–Kier alpha value is -1.85. The molecular formula is C12H18N4O2. The molecule has 0 saturated heterocycles. The maximum Gasteiger partial charge on any atom is 0.252 e. The molecule has 0 spiro atoms. The summed E-state index contributed by atoms with van der Waals surface area (Å²) < 4.78 is 0. The van der Waals surface area contributed by atoms with E-state index < -0.39 is 0 Å². The van der Waals surface area contributed by atoms with Crippen molar-refractivity contribution in [2.24, 2.45) is 5.92 Å². The molecule has 1 saturated carbocycles. The number of H-pyrrole nitrogens is 1. The van der Waals surface area contributed by atoms with Gasteiger partial charge < -0.3 is 15.6 Å². The lowest BCUT2D eigenvalue weighted by molar-refractivity contribution is -0.122. The Morgan fingerprint density at radius 1 is 1.50 bits per heavy atom. The molecule has 0 aliphatic heterocycles. The Morgan fingerprint density at radius 3 is 2.94 bits per heavy atom. The molecule has 0 radical (unpaired) electrons. The molecule has 6 nitrogen and oxygen atoms in total. The molecule has 18 heavy (non-hydrogen) atoms. The van der Waals surface area contributed by atoms with E-state index in [0.29, 0.717) is 31.2 Å². The van der Waals surface area contributed by atoms with Crippen LogP contribution in [0, 0.1) is 5.92 Å². The zero-order valence-corrected chi connectivity index (χ0v) is 10.5. The highest BCUT2D eigenvalue weighted by Gasteiger charge is 2.28. The third kappa shape index (κ3) is 3.58. The van der Waals surface area contributed by atoms with E-state index >= 15 is 0 Å². The van der Waals surface area contributed by atoms with Crippen LogP contribution in [0.2, 0.25) is 0 Å². The molecule has 1 fully saturated rings. The molecule has 0 atom stereocenters. The predicted molar refractivity (Wildman–Crippen MR) is 68.5 cm³/mol. The summed E-state index contributed by atoms with van der Waals surface area (Å²) in [6.07, 6.45) is 2.70. The number of nitrogens with zero attached hydrogens (tertiary/aromatic N) is 1. The molecule has 0 aromatic carbocycles. The molecule has 3 N–H and O–H groups in total. The molecule has 1 aliphatic carbocycles. The van der Waals surface area contributed by atoms with Gasteiger partial charge in [0.25, 0.3) is 5.56 Å². The van der Waals surface area contributed by atoms with E-state index in [9.17, 15) is 9.59 Å². The van der Waals surface area contributed by atoms with Crippen LogP contribution in [0.4, 0.5) is 5.82 Å². The van der Waals surface area contributed by atoms with Gasteiger partial charge in [-0.1, -0.05) is 6.92 Å². The number of amides is 1.